The first-order valence-electron chi connectivity index (χ1n) is 5.60. The standard InChI is InChI=1S/C10H19NO5S/c1-10(6-12,7-13)11-9(14)8-4-2-3-5-17(8,15)16/h8,12-13H,2-7H2,1H3,(H,11,14). The highest BCUT2D eigenvalue weighted by Gasteiger charge is 2.37. The Kier molecular flexibility index (Phi) is 4.51. The van der Waals surface area contributed by atoms with E-state index in [1.165, 1.54) is 6.92 Å². The molecule has 1 aliphatic heterocycles. The molecule has 0 aromatic heterocycles. The summed E-state index contributed by atoms with van der Waals surface area (Å²) < 4.78 is 23.4. The fraction of sp³-hybridized carbons (Fsp3) is 0.900. The van der Waals surface area contributed by atoms with Crippen molar-refractivity contribution in [3.05, 3.63) is 0 Å². The van der Waals surface area contributed by atoms with Gasteiger partial charge < -0.3 is 15.5 Å². The van der Waals surface area contributed by atoms with E-state index in [0.717, 1.165) is 0 Å². The van der Waals surface area contributed by atoms with Crippen LogP contribution in [0.2, 0.25) is 0 Å². The number of carbonyl (C=O) groups is 1. The molecule has 1 heterocycles. The molecular weight excluding hydrogens is 246 g/mol. The van der Waals surface area contributed by atoms with Gasteiger partial charge in [-0.2, -0.15) is 0 Å². The second kappa shape index (κ2) is 5.32. The molecular formula is C10H19NO5S. The van der Waals surface area contributed by atoms with Crippen LogP contribution >= 0.6 is 0 Å². The molecule has 0 aromatic rings. The van der Waals surface area contributed by atoms with Crippen molar-refractivity contribution in [3.8, 4) is 0 Å². The summed E-state index contributed by atoms with van der Waals surface area (Å²) in [4.78, 5) is 11.8. The monoisotopic (exact) mass is 265 g/mol. The number of sulfone groups is 1. The zero-order chi connectivity index (χ0) is 13.1. The summed E-state index contributed by atoms with van der Waals surface area (Å²) in [6.07, 6.45) is 1.59. The third-order valence-electron chi connectivity index (χ3n) is 2.99. The Morgan fingerprint density at radius 1 is 1.35 bits per heavy atom. The first-order valence-corrected chi connectivity index (χ1v) is 7.31. The Hall–Kier alpha value is -0.660. The van der Waals surface area contributed by atoms with Crippen LogP contribution in [0, 0.1) is 0 Å². The van der Waals surface area contributed by atoms with E-state index in [0.29, 0.717) is 19.3 Å². The van der Waals surface area contributed by atoms with Crippen LogP contribution in [0.1, 0.15) is 26.2 Å². The molecule has 0 bridgehead atoms. The van der Waals surface area contributed by atoms with Gasteiger partial charge in [0.1, 0.15) is 5.25 Å². The molecule has 1 unspecified atom stereocenters. The molecule has 0 aliphatic carbocycles. The minimum Gasteiger partial charge on any atom is -0.394 e. The largest absolute Gasteiger partial charge is 0.394 e. The minimum absolute atomic E-state index is 0.0278. The maximum atomic E-state index is 11.8. The quantitative estimate of drug-likeness (QED) is 0.593. The van der Waals surface area contributed by atoms with Gasteiger partial charge in [-0.3, -0.25) is 4.79 Å². The molecule has 6 nitrogen and oxygen atoms in total. The van der Waals surface area contributed by atoms with Gasteiger partial charge in [-0.1, -0.05) is 6.42 Å². The molecule has 1 fully saturated rings. The highest BCUT2D eigenvalue weighted by Crippen LogP contribution is 2.20. The predicted molar refractivity (Wildman–Crippen MR) is 62.1 cm³/mol. The molecule has 1 saturated heterocycles. The van der Waals surface area contributed by atoms with Crippen molar-refractivity contribution in [3.63, 3.8) is 0 Å². The number of hydrogen-bond donors (Lipinski definition) is 3. The summed E-state index contributed by atoms with van der Waals surface area (Å²) in [5.74, 6) is -0.602. The van der Waals surface area contributed by atoms with E-state index in [4.69, 9.17) is 10.2 Å². The fourth-order valence-electron chi connectivity index (χ4n) is 1.76. The maximum Gasteiger partial charge on any atom is 0.238 e. The van der Waals surface area contributed by atoms with Crippen molar-refractivity contribution in [2.75, 3.05) is 19.0 Å². The number of aliphatic hydroxyl groups excluding tert-OH is 2. The van der Waals surface area contributed by atoms with Crippen molar-refractivity contribution in [2.24, 2.45) is 0 Å². The van der Waals surface area contributed by atoms with Gasteiger partial charge in [0.2, 0.25) is 5.91 Å². The predicted octanol–water partition coefficient (Wildman–Crippen LogP) is -1.19. The van der Waals surface area contributed by atoms with Crippen LogP contribution in [0.5, 0.6) is 0 Å². The third kappa shape index (κ3) is 3.40. The van der Waals surface area contributed by atoms with Crippen molar-refractivity contribution < 1.29 is 23.4 Å². The lowest BCUT2D eigenvalue weighted by Gasteiger charge is -2.29. The minimum atomic E-state index is -3.39. The van der Waals surface area contributed by atoms with E-state index >= 15 is 0 Å². The van der Waals surface area contributed by atoms with Crippen LogP contribution < -0.4 is 5.32 Å². The lowest BCUT2D eigenvalue weighted by atomic mass is 10.0. The van der Waals surface area contributed by atoms with Gasteiger partial charge in [-0.15, -0.1) is 0 Å². The number of amides is 1. The van der Waals surface area contributed by atoms with Crippen LogP contribution in [0.4, 0.5) is 0 Å². The van der Waals surface area contributed by atoms with Crippen molar-refractivity contribution in [1.29, 1.82) is 0 Å². The van der Waals surface area contributed by atoms with Crippen LogP contribution in [-0.4, -0.2) is 54.3 Å². The summed E-state index contributed by atoms with van der Waals surface area (Å²) in [7, 11) is -3.39. The number of nitrogens with one attached hydrogen (secondary N) is 1. The first kappa shape index (κ1) is 14.4. The molecule has 1 amide bonds. The van der Waals surface area contributed by atoms with Gasteiger partial charge in [0.05, 0.1) is 24.5 Å². The van der Waals surface area contributed by atoms with Crippen LogP contribution in [0.3, 0.4) is 0 Å². The highest BCUT2D eigenvalue weighted by molar-refractivity contribution is 7.92. The lowest BCUT2D eigenvalue weighted by Crippen LogP contribution is -2.56. The molecule has 17 heavy (non-hydrogen) atoms. The second-order valence-corrected chi connectivity index (χ2v) is 7.02. The van der Waals surface area contributed by atoms with E-state index in [1.807, 2.05) is 0 Å². The Bertz CT molecular complexity index is 374. The second-order valence-electron chi connectivity index (χ2n) is 4.72. The van der Waals surface area contributed by atoms with Gasteiger partial charge in [0, 0.05) is 0 Å². The molecule has 0 saturated carbocycles. The summed E-state index contributed by atoms with van der Waals surface area (Å²) >= 11 is 0. The molecule has 0 spiro atoms. The van der Waals surface area contributed by atoms with Crippen LogP contribution in [0.15, 0.2) is 0 Å². The zero-order valence-electron chi connectivity index (χ0n) is 9.85. The third-order valence-corrected chi connectivity index (χ3v) is 5.17. The van der Waals surface area contributed by atoms with Crippen molar-refractivity contribution >= 4 is 15.7 Å². The number of aliphatic hydroxyl groups is 2. The van der Waals surface area contributed by atoms with E-state index in [1.54, 1.807) is 0 Å². The molecule has 1 aliphatic rings. The number of rotatable bonds is 4. The average molecular weight is 265 g/mol. The van der Waals surface area contributed by atoms with Crippen molar-refractivity contribution in [2.45, 2.75) is 37.0 Å². The summed E-state index contributed by atoms with van der Waals surface area (Å²) in [5, 5.41) is 19.4. The van der Waals surface area contributed by atoms with Gasteiger partial charge in [-0.25, -0.2) is 8.42 Å². The Morgan fingerprint density at radius 3 is 2.41 bits per heavy atom. The molecule has 0 radical (unpaired) electrons. The maximum absolute atomic E-state index is 11.8. The fourth-order valence-corrected chi connectivity index (χ4v) is 3.56. The Balaban J connectivity index is 2.76. The topological polar surface area (TPSA) is 104 Å². The van der Waals surface area contributed by atoms with E-state index in [-0.39, 0.29) is 5.75 Å². The number of carbonyl (C=O) groups excluding carboxylic acids is 1. The Morgan fingerprint density at radius 2 is 1.94 bits per heavy atom. The summed E-state index contributed by atoms with van der Waals surface area (Å²) in [6, 6.07) is 0. The van der Waals surface area contributed by atoms with Crippen molar-refractivity contribution in [1.82, 2.24) is 5.32 Å². The normalized spacial score (nSPS) is 24.3. The summed E-state index contributed by atoms with van der Waals surface area (Å²) in [6.45, 7) is 0.574. The average Bonchev–Trinajstić information content (AvgIpc) is 2.28. The SMILES string of the molecule is CC(CO)(CO)NC(=O)C1CCCCS1(=O)=O. The number of hydrogen-bond acceptors (Lipinski definition) is 5. The summed E-state index contributed by atoms with van der Waals surface area (Å²) in [5.41, 5.74) is -1.18. The molecule has 7 heteroatoms. The smallest absolute Gasteiger partial charge is 0.238 e. The molecule has 1 rings (SSSR count). The van der Waals surface area contributed by atoms with E-state index < -0.39 is 39.7 Å². The lowest BCUT2D eigenvalue weighted by molar-refractivity contribution is -0.123. The highest BCUT2D eigenvalue weighted by atomic mass is 32.2. The molecule has 100 valence electrons. The van der Waals surface area contributed by atoms with E-state index in [2.05, 4.69) is 5.32 Å². The molecule has 0 aromatic carbocycles. The molecule has 3 N–H and O–H groups in total. The molecule has 1 atom stereocenters. The van der Waals surface area contributed by atoms with Crippen LogP contribution in [-0.2, 0) is 14.6 Å². The van der Waals surface area contributed by atoms with Gasteiger partial charge in [-0.05, 0) is 19.8 Å². The van der Waals surface area contributed by atoms with Gasteiger partial charge in [0.15, 0.2) is 9.84 Å². The van der Waals surface area contributed by atoms with E-state index in [9.17, 15) is 13.2 Å². The van der Waals surface area contributed by atoms with Gasteiger partial charge in [0.25, 0.3) is 0 Å². The van der Waals surface area contributed by atoms with Gasteiger partial charge >= 0.3 is 0 Å². The van der Waals surface area contributed by atoms with Crippen LogP contribution in [0.25, 0.3) is 0 Å². The Labute approximate surface area is 101 Å². The zero-order valence-corrected chi connectivity index (χ0v) is 10.7. The first-order chi connectivity index (χ1) is 7.84.